The summed E-state index contributed by atoms with van der Waals surface area (Å²) in [5, 5.41) is 47.1. The number of carboxylic acid groups (broad SMARTS) is 3. The van der Waals surface area contributed by atoms with Crippen molar-refractivity contribution in [2.75, 3.05) is 5.73 Å². The van der Waals surface area contributed by atoms with Crippen molar-refractivity contribution in [3.05, 3.63) is 107 Å². The standard InChI is InChI=1S/C9H2F9NO2.C9H4F9N.C9H5NO8/c10-7(11,12)4-1-3(19(20)21)2-5(8(13,14)15)6(4)9(16,17)18;10-7(11,12)4-1-3(19)2-5(8(13,14)15)6(4)9(16,17)18;11-7(12)4-1-3(10(17)18)2-5(8(13)14)6(4)9(15)16/h1-2H;1-2H,19H2;1-2H,(H,11,12)(H,13,14)(H,15,16). The molecule has 0 saturated carbocycles. The van der Waals surface area contributed by atoms with Gasteiger partial charge in [-0.3, -0.25) is 20.2 Å². The van der Waals surface area contributed by atoms with Gasteiger partial charge in [-0.15, -0.1) is 0 Å². The number of anilines is 1. The molecule has 0 aliphatic carbocycles. The summed E-state index contributed by atoms with van der Waals surface area (Å²) in [7, 11) is 0. The fourth-order valence-corrected chi connectivity index (χ4v) is 4.20. The first-order chi connectivity index (χ1) is 25.6. The lowest BCUT2D eigenvalue weighted by molar-refractivity contribution is -0.385. The molecule has 0 saturated heterocycles. The number of aromatic carboxylic acids is 3. The number of alkyl halides is 18. The highest BCUT2D eigenvalue weighted by atomic mass is 19.4. The van der Waals surface area contributed by atoms with Crippen molar-refractivity contribution in [1.82, 2.24) is 0 Å². The minimum atomic E-state index is -6.00. The number of carboxylic acids is 3. The van der Waals surface area contributed by atoms with E-state index in [1.165, 1.54) is 0 Å². The SMILES string of the molecule is Nc1cc(C(F)(F)F)c(C(F)(F)F)c(C(F)(F)F)c1.O=C(O)c1cc([N+](=O)[O-])cc(C(=O)O)c1C(=O)O.O=[N+]([O-])c1cc(C(F)(F)F)c(C(F)(F)F)c(C(F)(F)F)c1. The van der Waals surface area contributed by atoms with E-state index in [1.807, 2.05) is 0 Å². The number of hydrogen-bond donors (Lipinski definition) is 4. The van der Waals surface area contributed by atoms with E-state index in [9.17, 15) is 114 Å². The second-order valence-corrected chi connectivity index (χ2v) is 10.2. The number of rotatable bonds is 5. The van der Waals surface area contributed by atoms with Gasteiger partial charge < -0.3 is 21.1 Å². The average molecular weight is 879 g/mol. The van der Waals surface area contributed by atoms with Crippen molar-refractivity contribution in [3.63, 3.8) is 0 Å². The van der Waals surface area contributed by atoms with Crippen molar-refractivity contribution in [1.29, 1.82) is 0 Å². The van der Waals surface area contributed by atoms with Gasteiger partial charge in [0, 0.05) is 30.0 Å². The summed E-state index contributed by atoms with van der Waals surface area (Å²) in [6, 6.07) is -0.539. The highest BCUT2D eigenvalue weighted by Crippen LogP contribution is 2.49. The minimum Gasteiger partial charge on any atom is -0.478 e. The average Bonchev–Trinajstić information content (AvgIpc) is 3.00. The van der Waals surface area contributed by atoms with Crippen LogP contribution in [-0.4, -0.2) is 43.1 Å². The van der Waals surface area contributed by atoms with Crippen LogP contribution in [0.5, 0.6) is 0 Å². The van der Waals surface area contributed by atoms with Crippen molar-refractivity contribution in [3.8, 4) is 0 Å². The Kier molecular flexibility index (Phi) is 14.0. The molecule has 3 aromatic rings. The van der Waals surface area contributed by atoms with E-state index in [-0.39, 0.29) is 12.1 Å². The topological polar surface area (TPSA) is 224 Å². The Balaban J connectivity index is 0.000000436. The quantitative estimate of drug-likeness (QED) is 0.0817. The summed E-state index contributed by atoms with van der Waals surface area (Å²) in [6.45, 7) is 0. The van der Waals surface area contributed by atoms with Gasteiger partial charge in [0.1, 0.15) is 0 Å². The first-order valence-corrected chi connectivity index (χ1v) is 13.4. The van der Waals surface area contributed by atoms with E-state index >= 15 is 0 Å². The van der Waals surface area contributed by atoms with E-state index < -0.39 is 144 Å². The number of nitro benzene ring substituents is 2. The van der Waals surface area contributed by atoms with E-state index in [4.69, 9.17) is 21.1 Å². The summed E-state index contributed by atoms with van der Waals surface area (Å²) in [4.78, 5) is 50.6. The van der Waals surface area contributed by atoms with Crippen molar-refractivity contribution in [2.24, 2.45) is 0 Å². The largest absolute Gasteiger partial charge is 0.478 e. The third-order valence-electron chi connectivity index (χ3n) is 6.29. The molecule has 0 radical (unpaired) electrons. The number of non-ortho nitro benzene ring substituents is 2. The number of hydrogen-bond acceptors (Lipinski definition) is 8. The molecule has 3 aromatic carbocycles. The Morgan fingerprint density at radius 1 is 0.448 bits per heavy atom. The van der Waals surface area contributed by atoms with Crippen LogP contribution in [0.2, 0.25) is 0 Å². The Morgan fingerprint density at radius 3 is 0.879 bits per heavy atom. The van der Waals surface area contributed by atoms with Gasteiger partial charge in [-0.25, -0.2) is 14.4 Å². The first-order valence-electron chi connectivity index (χ1n) is 13.4. The molecule has 0 fully saturated rings. The number of carbonyl (C=O) groups is 3. The molecular weight excluding hydrogens is 868 g/mol. The third kappa shape index (κ3) is 12.2. The van der Waals surface area contributed by atoms with Crippen molar-refractivity contribution >= 4 is 35.0 Å². The Morgan fingerprint density at radius 2 is 0.690 bits per heavy atom. The molecule has 13 nitrogen and oxygen atoms in total. The first kappa shape index (κ1) is 49.4. The van der Waals surface area contributed by atoms with Crippen LogP contribution in [0.4, 0.5) is 96.1 Å². The molecule has 0 spiro atoms. The number of nitro groups is 2. The van der Waals surface area contributed by atoms with E-state index in [2.05, 4.69) is 0 Å². The Labute approximate surface area is 303 Å². The zero-order chi connectivity index (χ0) is 46.1. The predicted octanol–water partition coefficient (Wildman–Crippen LogP) is 9.67. The molecule has 0 aliphatic rings. The van der Waals surface area contributed by atoms with Crippen LogP contribution in [-0.2, 0) is 37.1 Å². The highest BCUT2D eigenvalue weighted by molar-refractivity contribution is 6.09. The molecule has 3 rings (SSSR count). The molecule has 0 amide bonds. The second kappa shape index (κ2) is 16.5. The van der Waals surface area contributed by atoms with Crippen LogP contribution in [0.15, 0.2) is 36.4 Å². The van der Waals surface area contributed by atoms with Gasteiger partial charge in [-0.1, -0.05) is 0 Å². The van der Waals surface area contributed by atoms with Gasteiger partial charge in [0.2, 0.25) is 0 Å². The van der Waals surface area contributed by atoms with Crippen LogP contribution in [0.1, 0.15) is 64.5 Å². The monoisotopic (exact) mass is 879 g/mol. The Hall–Kier alpha value is -6.59. The lowest BCUT2D eigenvalue weighted by Crippen LogP contribution is -2.23. The number of nitrogens with zero attached hydrogens (tertiary/aromatic N) is 2. The summed E-state index contributed by atoms with van der Waals surface area (Å²) >= 11 is 0. The fourth-order valence-electron chi connectivity index (χ4n) is 4.20. The van der Waals surface area contributed by atoms with Crippen molar-refractivity contribution < 1.29 is 119 Å². The molecule has 0 atom stereocenters. The highest BCUT2D eigenvalue weighted by Gasteiger charge is 2.52. The van der Waals surface area contributed by atoms with E-state index in [0.717, 1.165) is 0 Å². The molecule has 0 aliphatic heterocycles. The van der Waals surface area contributed by atoms with Gasteiger partial charge in [0.15, 0.2) is 0 Å². The summed E-state index contributed by atoms with van der Waals surface area (Å²) in [6.07, 6.45) is -34.7. The zero-order valence-corrected chi connectivity index (χ0v) is 26.4. The maximum absolute atomic E-state index is 12.5. The third-order valence-corrected chi connectivity index (χ3v) is 6.29. The molecule has 320 valence electrons. The van der Waals surface area contributed by atoms with Crippen LogP contribution in [0, 0.1) is 20.2 Å². The zero-order valence-electron chi connectivity index (χ0n) is 26.4. The van der Waals surface area contributed by atoms with Gasteiger partial charge in [0.25, 0.3) is 11.4 Å². The predicted molar refractivity (Wildman–Crippen MR) is 148 cm³/mol. The summed E-state index contributed by atoms with van der Waals surface area (Å²) in [5.74, 6) is -5.32. The lowest BCUT2D eigenvalue weighted by Gasteiger charge is -2.21. The van der Waals surface area contributed by atoms with Crippen molar-refractivity contribution in [2.45, 2.75) is 37.1 Å². The maximum Gasteiger partial charge on any atom is 0.417 e. The summed E-state index contributed by atoms with van der Waals surface area (Å²) < 4.78 is 224. The van der Waals surface area contributed by atoms with E-state index in [1.54, 1.807) is 0 Å². The molecule has 0 aromatic heterocycles. The van der Waals surface area contributed by atoms with Gasteiger partial charge >= 0.3 is 55.0 Å². The minimum absolute atomic E-state index is 0.182. The molecule has 5 N–H and O–H groups in total. The Bertz CT molecular complexity index is 2010. The fraction of sp³-hybridized carbons (Fsp3) is 0.222. The number of benzene rings is 3. The number of nitrogen functional groups attached to an aromatic ring is 1. The van der Waals surface area contributed by atoms with E-state index in [0.29, 0.717) is 12.1 Å². The van der Waals surface area contributed by atoms with Gasteiger partial charge in [-0.2, -0.15) is 79.0 Å². The summed E-state index contributed by atoms with van der Waals surface area (Å²) in [5.41, 5.74) is -18.0. The van der Waals surface area contributed by atoms with Gasteiger partial charge in [-0.05, 0) is 12.1 Å². The molecule has 0 bridgehead atoms. The van der Waals surface area contributed by atoms with Crippen LogP contribution in [0.25, 0.3) is 0 Å². The van der Waals surface area contributed by atoms with Crippen LogP contribution in [0.3, 0.4) is 0 Å². The molecule has 58 heavy (non-hydrogen) atoms. The second-order valence-electron chi connectivity index (χ2n) is 10.2. The molecule has 0 heterocycles. The van der Waals surface area contributed by atoms with Crippen LogP contribution < -0.4 is 5.73 Å². The normalized spacial score (nSPS) is 12.4. The molecule has 0 unspecified atom stereocenters. The maximum atomic E-state index is 12.5. The number of nitrogens with two attached hydrogens (primary N) is 1. The van der Waals surface area contributed by atoms with Crippen LogP contribution >= 0.6 is 0 Å². The molecular formula is C27H11F18N3O10. The van der Waals surface area contributed by atoms with Gasteiger partial charge in [0.05, 0.1) is 59.9 Å². The number of halogens is 18. The lowest BCUT2D eigenvalue weighted by atomic mass is 9.98. The molecule has 31 heteroatoms. The smallest absolute Gasteiger partial charge is 0.417 e.